The van der Waals surface area contributed by atoms with E-state index in [-0.39, 0.29) is 5.69 Å². The molecule has 7 nitrogen and oxygen atoms in total. The molecule has 0 bridgehead atoms. The van der Waals surface area contributed by atoms with Crippen LogP contribution in [0.15, 0.2) is 65.8 Å². The van der Waals surface area contributed by atoms with Gasteiger partial charge in [0, 0.05) is 53.9 Å². The lowest BCUT2D eigenvalue weighted by molar-refractivity contribution is -0.384. The first kappa shape index (κ1) is 15.4. The number of hydrogen-bond acceptors (Lipinski definition) is 6. The highest BCUT2D eigenvalue weighted by molar-refractivity contribution is 5.85. The zero-order chi connectivity index (χ0) is 16.9. The lowest BCUT2D eigenvalue weighted by atomic mass is 10.2. The van der Waals surface area contributed by atoms with Gasteiger partial charge in [0.25, 0.3) is 5.69 Å². The summed E-state index contributed by atoms with van der Waals surface area (Å²) in [6.07, 6.45) is 8.67. The molecule has 1 aromatic heterocycles. The van der Waals surface area contributed by atoms with Gasteiger partial charge in [-0.25, -0.2) is 4.99 Å². The first-order valence-corrected chi connectivity index (χ1v) is 7.27. The number of nitro benzene ring substituents is 1. The largest absolute Gasteiger partial charge is 0.358 e. The van der Waals surface area contributed by atoms with Crippen molar-refractivity contribution in [3.63, 3.8) is 0 Å². The predicted octanol–water partition coefficient (Wildman–Crippen LogP) is 3.22. The van der Waals surface area contributed by atoms with Gasteiger partial charge < -0.3 is 10.6 Å². The molecule has 0 radical (unpaired) electrons. The normalized spacial score (nSPS) is 13.4. The molecule has 7 heteroatoms. The van der Waals surface area contributed by atoms with E-state index in [1.54, 1.807) is 30.9 Å². The minimum absolute atomic E-state index is 0.0310. The SMILES string of the molecule is Cc1ccc([N+](=O)[O-])cc1NC1=CNC(c2cccnc2)=CC=N1. The Morgan fingerprint density at radius 1 is 1.29 bits per heavy atom. The van der Waals surface area contributed by atoms with E-state index in [2.05, 4.69) is 20.6 Å². The van der Waals surface area contributed by atoms with E-state index in [0.717, 1.165) is 16.8 Å². The Kier molecular flexibility index (Phi) is 4.33. The standard InChI is InChI=1S/C17H15N5O2/c1-12-4-5-14(22(23)24)9-16(12)21-17-11-20-15(6-8-19-17)13-3-2-7-18-10-13/h2-11,20-21H,1H3. The Balaban J connectivity index is 1.80. The Morgan fingerprint density at radius 2 is 2.17 bits per heavy atom. The van der Waals surface area contributed by atoms with E-state index >= 15 is 0 Å². The second-order valence-corrected chi connectivity index (χ2v) is 5.16. The Morgan fingerprint density at radius 3 is 2.92 bits per heavy atom. The molecular weight excluding hydrogens is 306 g/mol. The van der Waals surface area contributed by atoms with Gasteiger partial charge in [-0.3, -0.25) is 15.1 Å². The van der Waals surface area contributed by atoms with Crippen molar-refractivity contribution in [2.24, 2.45) is 4.99 Å². The van der Waals surface area contributed by atoms with Crippen LogP contribution < -0.4 is 10.6 Å². The van der Waals surface area contributed by atoms with Crippen LogP contribution in [0.5, 0.6) is 0 Å². The molecule has 120 valence electrons. The number of non-ortho nitro benzene ring substituents is 1. The highest BCUT2D eigenvalue weighted by Crippen LogP contribution is 2.23. The van der Waals surface area contributed by atoms with Crippen LogP contribution in [-0.4, -0.2) is 16.1 Å². The lowest BCUT2D eigenvalue weighted by Crippen LogP contribution is -2.07. The number of allylic oxidation sites excluding steroid dienone is 1. The monoisotopic (exact) mass is 321 g/mol. The number of pyridine rings is 1. The van der Waals surface area contributed by atoms with E-state index in [4.69, 9.17) is 0 Å². The van der Waals surface area contributed by atoms with Crippen LogP contribution in [0.25, 0.3) is 5.70 Å². The number of nitro groups is 1. The highest BCUT2D eigenvalue weighted by atomic mass is 16.6. The Hall–Kier alpha value is -3.48. The molecule has 2 heterocycles. The number of benzene rings is 1. The molecule has 24 heavy (non-hydrogen) atoms. The number of nitrogens with zero attached hydrogens (tertiary/aromatic N) is 3. The fraction of sp³-hybridized carbons (Fsp3) is 0.0588. The minimum Gasteiger partial charge on any atom is -0.358 e. The Bertz CT molecular complexity index is 857. The van der Waals surface area contributed by atoms with Crippen LogP contribution in [0, 0.1) is 17.0 Å². The van der Waals surface area contributed by atoms with E-state index in [9.17, 15) is 10.1 Å². The molecule has 1 aliphatic heterocycles. The van der Waals surface area contributed by atoms with Crippen molar-refractivity contribution < 1.29 is 4.92 Å². The van der Waals surface area contributed by atoms with Gasteiger partial charge in [-0.1, -0.05) is 6.07 Å². The summed E-state index contributed by atoms with van der Waals surface area (Å²) < 4.78 is 0. The third-order valence-electron chi connectivity index (χ3n) is 3.49. The highest BCUT2D eigenvalue weighted by Gasteiger charge is 2.10. The fourth-order valence-corrected chi connectivity index (χ4v) is 2.19. The maximum atomic E-state index is 10.9. The summed E-state index contributed by atoms with van der Waals surface area (Å²) in [5.41, 5.74) is 3.36. The molecule has 0 aliphatic carbocycles. The smallest absolute Gasteiger partial charge is 0.271 e. The summed E-state index contributed by atoms with van der Waals surface area (Å²) in [4.78, 5) is 18.9. The van der Waals surface area contributed by atoms with E-state index in [1.165, 1.54) is 12.1 Å². The molecule has 2 N–H and O–H groups in total. The fourth-order valence-electron chi connectivity index (χ4n) is 2.19. The van der Waals surface area contributed by atoms with Gasteiger partial charge in [-0.2, -0.15) is 0 Å². The second kappa shape index (κ2) is 6.74. The van der Waals surface area contributed by atoms with Crippen LogP contribution in [0.4, 0.5) is 11.4 Å². The van der Waals surface area contributed by atoms with Crippen molar-refractivity contribution in [2.75, 3.05) is 5.32 Å². The van der Waals surface area contributed by atoms with Crippen molar-refractivity contribution in [2.45, 2.75) is 6.92 Å². The van der Waals surface area contributed by atoms with Crippen molar-refractivity contribution in [1.29, 1.82) is 0 Å². The topological polar surface area (TPSA) is 92.5 Å². The van der Waals surface area contributed by atoms with Crippen molar-refractivity contribution in [3.05, 3.63) is 82.1 Å². The summed E-state index contributed by atoms with van der Waals surface area (Å²) in [6.45, 7) is 1.87. The van der Waals surface area contributed by atoms with Gasteiger partial charge >= 0.3 is 0 Å². The van der Waals surface area contributed by atoms with Crippen molar-refractivity contribution in [1.82, 2.24) is 10.3 Å². The Labute approximate surface area is 138 Å². The first-order chi connectivity index (χ1) is 11.6. The molecule has 2 aromatic rings. The van der Waals surface area contributed by atoms with Gasteiger partial charge in [-0.05, 0) is 30.7 Å². The maximum absolute atomic E-state index is 10.9. The molecule has 0 amide bonds. The predicted molar refractivity (Wildman–Crippen MR) is 93.4 cm³/mol. The minimum atomic E-state index is -0.421. The summed E-state index contributed by atoms with van der Waals surface area (Å²) in [5, 5.41) is 17.2. The number of hydrogen-bond donors (Lipinski definition) is 2. The van der Waals surface area contributed by atoms with Crippen molar-refractivity contribution in [3.8, 4) is 0 Å². The number of anilines is 1. The van der Waals surface area contributed by atoms with Crippen LogP contribution in [0.3, 0.4) is 0 Å². The molecule has 3 rings (SSSR count). The average Bonchev–Trinajstić information content (AvgIpc) is 2.83. The van der Waals surface area contributed by atoms with E-state index < -0.39 is 4.92 Å². The molecule has 0 atom stereocenters. The van der Waals surface area contributed by atoms with Gasteiger partial charge in [0.05, 0.1) is 4.92 Å². The van der Waals surface area contributed by atoms with Gasteiger partial charge in [0.2, 0.25) is 0 Å². The van der Waals surface area contributed by atoms with E-state index in [0.29, 0.717) is 11.5 Å². The van der Waals surface area contributed by atoms with Gasteiger partial charge in [0.15, 0.2) is 0 Å². The number of nitrogens with one attached hydrogen (secondary N) is 2. The molecule has 1 aliphatic rings. The summed E-state index contributed by atoms with van der Waals surface area (Å²) in [7, 11) is 0. The number of rotatable bonds is 4. The molecule has 0 saturated carbocycles. The van der Waals surface area contributed by atoms with Gasteiger partial charge in [-0.15, -0.1) is 0 Å². The van der Waals surface area contributed by atoms with Crippen LogP contribution in [0.2, 0.25) is 0 Å². The molecule has 0 unspecified atom stereocenters. The first-order valence-electron chi connectivity index (χ1n) is 7.27. The summed E-state index contributed by atoms with van der Waals surface area (Å²) >= 11 is 0. The van der Waals surface area contributed by atoms with Crippen molar-refractivity contribution >= 4 is 23.3 Å². The summed E-state index contributed by atoms with van der Waals surface area (Å²) in [5.74, 6) is 0.550. The molecule has 0 spiro atoms. The molecule has 0 saturated heterocycles. The molecule has 1 aromatic carbocycles. The van der Waals surface area contributed by atoms with Crippen LogP contribution >= 0.6 is 0 Å². The molecular formula is C17H15N5O2. The second-order valence-electron chi connectivity index (χ2n) is 5.16. The number of aromatic nitrogens is 1. The van der Waals surface area contributed by atoms with Crippen LogP contribution in [-0.2, 0) is 0 Å². The summed E-state index contributed by atoms with van der Waals surface area (Å²) in [6, 6.07) is 8.47. The maximum Gasteiger partial charge on any atom is 0.271 e. The zero-order valence-corrected chi connectivity index (χ0v) is 12.9. The lowest BCUT2D eigenvalue weighted by Gasteiger charge is -2.10. The average molecular weight is 321 g/mol. The third kappa shape index (κ3) is 3.46. The third-order valence-corrected chi connectivity index (χ3v) is 3.49. The number of aliphatic imine (C=N–C) groups is 1. The van der Waals surface area contributed by atoms with Crippen LogP contribution in [0.1, 0.15) is 11.1 Å². The molecule has 0 fully saturated rings. The number of aryl methyl sites for hydroxylation is 1. The zero-order valence-electron chi connectivity index (χ0n) is 12.9. The van der Waals surface area contributed by atoms with Gasteiger partial charge in [0.1, 0.15) is 5.82 Å². The van der Waals surface area contributed by atoms with E-state index in [1.807, 2.05) is 25.1 Å². The quantitative estimate of drug-likeness (QED) is 0.666.